The van der Waals surface area contributed by atoms with Crippen LogP contribution in [-0.4, -0.2) is 40.7 Å². The Balaban J connectivity index is 1.55. The minimum absolute atomic E-state index is 0.346. The van der Waals surface area contributed by atoms with Gasteiger partial charge in [-0.1, -0.05) is 0 Å². The van der Waals surface area contributed by atoms with Crippen LogP contribution in [0.15, 0.2) is 17.2 Å². The van der Waals surface area contributed by atoms with Crippen molar-refractivity contribution in [3.8, 4) is 0 Å². The van der Waals surface area contributed by atoms with Gasteiger partial charge in [-0.15, -0.1) is 0 Å². The predicted octanol–water partition coefficient (Wildman–Crippen LogP) is 1.22. The number of amides is 2. The van der Waals surface area contributed by atoms with Crippen molar-refractivity contribution in [2.24, 2.45) is 23.5 Å². The maximum absolute atomic E-state index is 11.7. The zero-order valence-electron chi connectivity index (χ0n) is 13.1. The van der Waals surface area contributed by atoms with Gasteiger partial charge in [0.05, 0.1) is 10.6 Å². The summed E-state index contributed by atoms with van der Waals surface area (Å²) in [7, 11) is 0. The van der Waals surface area contributed by atoms with Crippen molar-refractivity contribution >= 4 is 34.9 Å². The fourth-order valence-electron chi connectivity index (χ4n) is 4.03. The van der Waals surface area contributed by atoms with Gasteiger partial charge in [-0.3, -0.25) is 14.9 Å². The van der Waals surface area contributed by atoms with E-state index in [1.165, 1.54) is 12.8 Å². The number of thioether (sulfide) groups is 1. The Hall–Kier alpha value is -1.93. The third-order valence-corrected chi connectivity index (χ3v) is 5.98. The predicted molar refractivity (Wildman–Crippen MR) is 92.1 cm³/mol. The lowest BCUT2D eigenvalue weighted by atomic mass is 9.85. The molecule has 2 saturated heterocycles. The zero-order valence-corrected chi connectivity index (χ0v) is 14.0. The van der Waals surface area contributed by atoms with Gasteiger partial charge >= 0.3 is 0 Å². The van der Waals surface area contributed by atoms with Gasteiger partial charge in [0, 0.05) is 19.3 Å². The summed E-state index contributed by atoms with van der Waals surface area (Å²) in [5, 5.41) is 1.90. The van der Waals surface area contributed by atoms with Crippen LogP contribution < -0.4 is 16.0 Å². The highest BCUT2D eigenvalue weighted by atomic mass is 32.2. The lowest BCUT2D eigenvalue weighted by Crippen LogP contribution is -2.45. The number of imide groups is 1. The Morgan fingerprint density at radius 1 is 1.33 bits per heavy atom. The number of fused-ring (bicyclic) bond motifs is 2. The van der Waals surface area contributed by atoms with E-state index in [-0.39, 0.29) is 11.1 Å². The molecular weight excluding hydrogens is 326 g/mol. The minimum atomic E-state index is -0.369. The summed E-state index contributed by atoms with van der Waals surface area (Å²) in [6, 6.07) is 1.74. The van der Waals surface area contributed by atoms with E-state index < -0.39 is 0 Å². The topological polar surface area (TPSA) is 101 Å². The maximum Gasteiger partial charge on any atom is 0.290 e. The van der Waals surface area contributed by atoms with Crippen LogP contribution in [0, 0.1) is 17.8 Å². The number of nitrogens with two attached hydrogens (primary N) is 1. The van der Waals surface area contributed by atoms with Crippen molar-refractivity contribution in [3.63, 3.8) is 0 Å². The monoisotopic (exact) mass is 345 g/mol. The number of hydrogen-bond donors (Lipinski definition) is 2. The summed E-state index contributed by atoms with van der Waals surface area (Å²) in [5.74, 6) is 2.18. The van der Waals surface area contributed by atoms with Crippen molar-refractivity contribution in [1.82, 2.24) is 15.3 Å². The van der Waals surface area contributed by atoms with Crippen LogP contribution >= 0.6 is 11.8 Å². The largest absolute Gasteiger partial charge is 0.340 e. The highest BCUT2D eigenvalue weighted by Crippen LogP contribution is 2.42. The average molecular weight is 345 g/mol. The average Bonchev–Trinajstić information content (AvgIpc) is 3.01. The molecule has 3 heterocycles. The highest BCUT2D eigenvalue weighted by molar-refractivity contribution is 8.18. The van der Waals surface area contributed by atoms with Gasteiger partial charge < -0.3 is 10.6 Å². The summed E-state index contributed by atoms with van der Waals surface area (Å²) in [4.78, 5) is 34.5. The first-order valence-corrected chi connectivity index (χ1v) is 8.98. The van der Waals surface area contributed by atoms with E-state index in [1.54, 1.807) is 18.3 Å². The third kappa shape index (κ3) is 2.80. The first kappa shape index (κ1) is 15.6. The fraction of sp³-hybridized carbons (Fsp3) is 0.500. The van der Waals surface area contributed by atoms with Crippen LogP contribution in [0.5, 0.6) is 0 Å². The van der Waals surface area contributed by atoms with E-state index in [0.29, 0.717) is 34.3 Å². The van der Waals surface area contributed by atoms with Crippen LogP contribution in [0.1, 0.15) is 18.5 Å². The van der Waals surface area contributed by atoms with E-state index in [0.717, 1.165) is 31.4 Å². The molecule has 2 bridgehead atoms. The number of carbonyl (C=O) groups excluding carboxylic acids is 2. The first-order valence-electron chi connectivity index (χ1n) is 8.17. The van der Waals surface area contributed by atoms with Crippen LogP contribution in [0.2, 0.25) is 0 Å². The number of nitrogens with one attached hydrogen (secondary N) is 1. The second kappa shape index (κ2) is 6.18. The smallest absolute Gasteiger partial charge is 0.290 e. The van der Waals surface area contributed by atoms with E-state index in [4.69, 9.17) is 5.73 Å². The molecular formula is C16H19N5O2S. The van der Waals surface area contributed by atoms with E-state index in [9.17, 15) is 9.59 Å². The van der Waals surface area contributed by atoms with Gasteiger partial charge in [0.15, 0.2) is 0 Å². The molecule has 1 aromatic rings. The van der Waals surface area contributed by atoms with Crippen LogP contribution in [0.25, 0.3) is 6.08 Å². The van der Waals surface area contributed by atoms with Crippen LogP contribution in [0.4, 0.5) is 10.7 Å². The Labute approximate surface area is 144 Å². The second-order valence-electron chi connectivity index (χ2n) is 6.54. The lowest BCUT2D eigenvalue weighted by Gasteiger charge is -2.37. The van der Waals surface area contributed by atoms with Crippen LogP contribution in [0.3, 0.4) is 0 Å². The van der Waals surface area contributed by atoms with E-state index in [2.05, 4.69) is 20.2 Å². The number of hydrogen-bond acceptors (Lipinski definition) is 7. The highest BCUT2D eigenvalue weighted by Gasteiger charge is 2.41. The van der Waals surface area contributed by atoms with Gasteiger partial charge in [0.2, 0.25) is 5.95 Å². The number of carbonyl (C=O) groups is 2. The Morgan fingerprint density at radius 2 is 2.08 bits per heavy atom. The molecule has 8 heteroatoms. The molecule has 1 unspecified atom stereocenters. The van der Waals surface area contributed by atoms with Crippen molar-refractivity contribution in [2.75, 3.05) is 24.5 Å². The quantitative estimate of drug-likeness (QED) is 0.794. The number of anilines is 1. The molecule has 2 aliphatic heterocycles. The van der Waals surface area contributed by atoms with Gasteiger partial charge in [-0.05, 0) is 61.0 Å². The van der Waals surface area contributed by atoms with E-state index >= 15 is 0 Å². The molecule has 0 aromatic carbocycles. The number of nitrogens with zero attached hydrogens (tertiary/aromatic N) is 3. The lowest BCUT2D eigenvalue weighted by molar-refractivity contribution is -0.115. The molecule has 1 saturated carbocycles. The maximum atomic E-state index is 11.7. The standard InChI is InChI=1S/C16H19N5O2S/c17-6-12-9-1-2-10(12)8-21(7-9)15-18-4-3-11(19-15)5-13-14(22)20-16(23)24-13/h3-5,9-10,12H,1-2,6-8,17H2,(H,20,22,23)/b13-5+/t9-,10+,12?. The van der Waals surface area contributed by atoms with Crippen molar-refractivity contribution in [3.05, 3.63) is 22.9 Å². The molecule has 3 N–H and O–H groups in total. The third-order valence-electron chi connectivity index (χ3n) is 5.17. The number of aromatic nitrogens is 2. The molecule has 1 aromatic heterocycles. The summed E-state index contributed by atoms with van der Waals surface area (Å²) < 4.78 is 0. The van der Waals surface area contributed by atoms with Gasteiger partial charge in [0.1, 0.15) is 0 Å². The van der Waals surface area contributed by atoms with Crippen molar-refractivity contribution < 1.29 is 9.59 Å². The van der Waals surface area contributed by atoms with Crippen LogP contribution in [-0.2, 0) is 4.79 Å². The summed E-state index contributed by atoms with van der Waals surface area (Å²) in [6.45, 7) is 2.63. The Kier molecular flexibility index (Phi) is 4.01. The summed E-state index contributed by atoms with van der Waals surface area (Å²) in [5.41, 5.74) is 6.56. The molecule has 3 atom stereocenters. The molecule has 2 amide bonds. The molecule has 7 nitrogen and oxygen atoms in total. The first-order chi connectivity index (χ1) is 11.6. The molecule has 3 aliphatic rings. The normalized spacial score (nSPS) is 31.0. The molecule has 0 spiro atoms. The Morgan fingerprint density at radius 3 is 2.71 bits per heavy atom. The van der Waals surface area contributed by atoms with E-state index in [1.807, 2.05) is 0 Å². The number of piperidine rings is 1. The zero-order chi connectivity index (χ0) is 16.7. The SMILES string of the molecule is NCC1[C@@H]2CC[C@H]1CN(c1nccc(/C=C3/SC(=O)NC3=O)n1)C2. The number of rotatable bonds is 3. The fourth-order valence-corrected chi connectivity index (χ4v) is 4.70. The molecule has 4 rings (SSSR count). The van der Waals surface area contributed by atoms with Crippen molar-refractivity contribution in [1.29, 1.82) is 0 Å². The second-order valence-corrected chi connectivity index (χ2v) is 7.55. The minimum Gasteiger partial charge on any atom is -0.340 e. The van der Waals surface area contributed by atoms with Crippen molar-refractivity contribution in [2.45, 2.75) is 12.8 Å². The molecule has 126 valence electrons. The summed E-state index contributed by atoms with van der Waals surface area (Å²) in [6.07, 6.45) is 5.79. The van der Waals surface area contributed by atoms with Gasteiger partial charge in [0.25, 0.3) is 11.1 Å². The Bertz CT molecular complexity index is 708. The molecule has 0 radical (unpaired) electrons. The van der Waals surface area contributed by atoms with Gasteiger partial charge in [-0.2, -0.15) is 0 Å². The molecule has 3 fully saturated rings. The summed E-state index contributed by atoms with van der Waals surface area (Å²) >= 11 is 0.898. The molecule has 24 heavy (non-hydrogen) atoms. The molecule has 1 aliphatic carbocycles. The van der Waals surface area contributed by atoms with Gasteiger partial charge in [-0.25, -0.2) is 9.97 Å².